The van der Waals surface area contributed by atoms with Crippen LogP contribution in [0.1, 0.15) is 85.0 Å². The number of hydrogen-bond acceptors (Lipinski definition) is 4. The summed E-state index contributed by atoms with van der Waals surface area (Å²) in [5, 5.41) is 20.3. The molecule has 4 aliphatic rings. The fourth-order valence-corrected chi connectivity index (χ4v) is 6.98. The van der Waals surface area contributed by atoms with Crippen LogP contribution in [0.25, 0.3) is 0 Å². The minimum atomic E-state index is -0.635. The van der Waals surface area contributed by atoms with Gasteiger partial charge in [0.1, 0.15) is 6.10 Å². The third-order valence-corrected chi connectivity index (χ3v) is 9.18. The number of aliphatic hydroxyl groups excluding tert-OH is 2. The quantitative estimate of drug-likeness (QED) is 0.352. The summed E-state index contributed by atoms with van der Waals surface area (Å²) in [5.41, 5.74) is 3.56. The van der Waals surface area contributed by atoms with Gasteiger partial charge in [0, 0.05) is 12.8 Å². The highest BCUT2D eigenvalue weighted by Gasteiger charge is 2.50. The highest BCUT2D eigenvalue weighted by molar-refractivity contribution is 5.69. The van der Waals surface area contributed by atoms with E-state index in [1.165, 1.54) is 31.3 Å². The molecule has 4 rings (SSSR count). The van der Waals surface area contributed by atoms with E-state index in [1.807, 2.05) is 6.92 Å². The molecule has 4 saturated carbocycles. The molecule has 4 aliphatic carbocycles. The van der Waals surface area contributed by atoms with Gasteiger partial charge < -0.3 is 14.9 Å². The molecule has 0 aromatic heterocycles. The van der Waals surface area contributed by atoms with E-state index < -0.39 is 12.2 Å². The van der Waals surface area contributed by atoms with E-state index in [0.717, 1.165) is 30.4 Å². The summed E-state index contributed by atoms with van der Waals surface area (Å²) in [5.74, 6) is 2.08. The topological polar surface area (TPSA) is 66.8 Å². The molecule has 34 heavy (non-hydrogen) atoms. The summed E-state index contributed by atoms with van der Waals surface area (Å²) in [6.07, 6.45) is 17.5. The normalized spacial score (nSPS) is 38.3. The van der Waals surface area contributed by atoms with Crippen LogP contribution in [0.4, 0.5) is 0 Å². The smallest absolute Gasteiger partial charge is 0.306 e. The summed E-state index contributed by atoms with van der Waals surface area (Å²) < 4.78 is 5.71. The first-order valence-electron chi connectivity index (χ1n) is 13.6. The molecule has 0 aromatic carbocycles. The monoisotopic (exact) mass is 468 g/mol. The van der Waals surface area contributed by atoms with Gasteiger partial charge in [-0.3, -0.25) is 4.79 Å². The number of hydrogen-bond donors (Lipinski definition) is 2. The minimum Gasteiger partial charge on any atom is -0.458 e. The third kappa shape index (κ3) is 5.44. The second-order valence-electron chi connectivity index (χ2n) is 11.6. The van der Waals surface area contributed by atoms with Gasteiger partial charge in [-0.15, -0.1) is 0 Å². The maximum absolute atomic E-state index is 11.9. The number of carbonyl (C=O) groups is 1. The van der Waals surface area contributed by atoms with Crippen LogP contribution in [0.15, 0.2) is 47.6 Å². The molecule has 2 N–H and O–H groups in total. The lowest BCUT2D eigenvalue weighted by Gasteiger charge is -2.44. The average molecular weight is 469 g/mol. The van der Waals surface area contributed by atoms with Crippen LogP contribution in [-0.4, -0.2) is 34.5 Å². The van der Waals surface area contributed by atoms with E-state index in [2.05, 4.69) is 44.7 Å². The Balaban J connectivity index is 1.46. The van der Waals surface area contributed by atoms with E-state index in [9.17, 15) is 15.0 Å². The predicted molar refractivity (Wildman–Crippen MR) is 136 cm³/mol. The summed E-state index contributed by atoms with van der Waals surface area (Å²) in [6.45, 7) is 10.8. The summed E-state index contributed by atoms with van der Waals surface area (Å²) in [7, 11) is 0. The lowest BCUT2D eigenvalue weighted by Crippen LogP contribution is -2.35. The van der Waals surface area contributed by atoms with E-state index in [4.69, 9.17) is 4.74 Å². The van der Waals surface area contributed by atoms with Crippen molar-refractivity contribution in [3.05, 3.63) is 47.6 Å². The Bertz CT molecular complexity index is 863. The van der Waals surface area contributed by atoms with Crippen LogP contribution in [0.2, 0.25) is 0 Å². The lowest BCUT2D eigenvalue weighted by atomic mass is 9.61. The minimum absolute atomic E-state index is 0.0531. The van der Waals surface area contributed by atoms with Crippen LogP contribution in [0.5, 0.6) is 0 Å². The highest BCUT2D eigenvalue weighted by atomic mass is 16.5. The lowest BCUT2D eigenvalue weighted by molar-refractivity contribution is -0.147. The Morgan fingerprint density at radius 1 is 1.21 bits per heavy atom. The van der Waals surface area contributed by atoms with Gasteiger partial charge in [-0.05, 0) is 97.7 Å². The van der Waals surface area contributed by atoms with Crippen molar-refractivity contribution < 1.29 is 19.7 Å². The molecule has 0 aliphatic heterocycles. The standard InChI is InChI=1S/C30H44O4/c1-5-29(33)34-28(22-10-11-22)15-8-19(2)25-13-14-26-21(7-6-16-30(25,26)4)9-12-23-17-24(31)18-27(32)20(23)3/h8-9,12,15,19,22,24-28,31-32H,3,5-7,10-11,13-14,16-18H2,1-2,4H3/b15-8+,21-9+,23-12-/t19-,24-,25-,26+,27+,28+,30-/m1/s1. The first kappa shape index (κ1) is 25.4. The Morgan fingerprint density at radius 3 is 2.68 bits per heavy atom. The molecule has 0 radical (unpaired) electrons. The molecule has 0 aromatic rings. The third-order valence-electron chi connectivity index (χ3n) is 9.18. The van der Waals surface area contributed by atoms with Crippen molar-refractivity contribution >= 4 is 5.97 Å². The highest BCUT2D eigenvalue weighted by Crippen LogP contribution is 2.59. The Labute approximate surface area is 205 Å². The Morgan fingerprint density at radius 2 is 1.97 bits per heavy atom. The largest absolute Gasteiger partial charge is 0.458 e. The van der Waals surface area contributed by atoms with Crippen molar-refractivity contribution in [1.82, 2.24) is 0 Å². The maximum atomic E-state index is 11.9. The second-order valence-corrected chi connectivity index (χ2v) is 11.6. The van der Waals surface area contributed by atoms with Gasteiger partial charge in [0.2, 0.25) is 0 Å². The zero-order chi connectivity index (χ0) is 24.5. The van der Waals surface area contributed by atoms with Crippen LogP contribution in [0, 0.1) is 29.1 Å². The van der Waals surface area contributed by atoms with Gasteiger partial charge in [-0.25, -0.2) is 0 Å². The average Bonchev–Trinajstić information content (AvgIpc) is 3.58. The van der Waals surface area contributed by atoms with Crippen molar-refractivity contribution in [3.63, 3.8) is 0 Å². The van der Waals surface area contributed by atoms with Crippen molar-refractivity contribution in [3.8, 4) is 0 Å². The molecule has 188 valence electrons. The first-order valence-corrected chi connectivity index (χ1v) is 13.6. The number of esters is 1. The van der Waals surface area contributed by atoms with E-state index in [0.29, 0.717) is 42.9 Å². The van der Waals surface area contributed by atoms with Gasteiger partial charge >= 0.3 is 5.97 Å². The molecule has 0 spiro atoms. The number of aliphatic hydroxyl groups is 2. The van der Waals surface area contributed by atoms with Crippen LogP contribution >= 0.6 is 0 Å². The number of rotatable bonds is 7. The second kappa shape index (κ2) is 10.5. The molecule has 0 bridgehead atoms. The van der Waals surface area contributed by atoms with Crippen molar-refractivity contribution in [2.75, 3.05) is 0 Å². The summed E-state index contributed by atoms with van der Waals surface area (Å²) >= 11 is 0. The van der Waals surface area contributed by atoms with E-state index >= 15 is 0 Å². The van der Waals surface area contributed by atoms with Crippen LogP contribution in [0.3, 0.4) is 0 Å². The molecule has 4 heteroatoms. The number of carbonyl (C=O) groups excluding carboxylic acids is 1. The van der Waals surface area contributed by atoms with E-state index in [-0.39, 0.29) is 17.5 Å². The maximum Gasteiger partial charge on any atom is 0.306 e. The summed E-state index contributed by atoms with van der Waals surface area (Å²) in [6, 6.07) is 0. The predicted octanol–water partition coefficient (Wildman–Crippen LogP) is 6.05. The SMILES string of the molecule is C=C1/C(=C\C=C2/CCC[C@]3(C)[C@@H]([C@H](C)/C=C/[C@H](OC(=O)CC)C4CC4)CC[C@@H]23)C[C@@H](O)C[C@@H]1O. The molecule has 7 atom stereocenters. The zero-order valence-corrected chi connectivity index (χ0v) is 21.3. The Kier molecular flexibility index (Phi) is 7.89. The Hall–Kier alpha value is -1.65. The molecular weight excluding hydrogens is 424 g/mol. The van der Waals surface area contributed by atoms with Crippen molar-refractivity contribution in [2.45, 2.75) is 103 Å². The zero-order valence-electron chi connectivity index (χ0n) is 21.3. The molecule has 0 heterocycles. The van der Waals surface area contributed by atoms with Crippen LogP contribution in [-0.2, 0) is 9.53 Å². The molecule has 4 fully saturated rings. The van der Waals surface area contributed by atoms with Crippen molar-refractivity contribution in [1.29, 1.82) is 0 Å². The number of fused-ring (bicyclic) bond motifs is 1. The number of allylic oxidation sites excluding steroid dienone is 4. The fraction of sp³-hybridized carbons (Fsp3) is 0.700. The van der Waals surface area contributed by atoms with Gasteiger partial charge in [0.05, 0.1) is 12.2 Å². The van der Waals surface area contributed by atoms with Gasteiger partial charge in [0.25, 0.3) is 0 Å². The molecule has 0 amide bonds. The molecular formula is C30H44O4. The van der Waals surface area contributed by atoms with Gasteiger partial charge in [0.15, 0.2) is 0 Å². The molecule has 0 saturated heterocycles. The summed E-state index contributed by atoms with van der Waals surface area (Å²) in [4.78, 5) is 11.9. The fourth-order valence-electron chi connectivity index (χ4n) is 6.98. The van der Waals surface area contributed by atoms with Crippen molar-refractivity contribution in [2.24, 2.45) is 29.1 Å². The number of ether oxygens (including phenoxy) is 1. The molecule has 4 nitrogen and oxygen atoms in total. The van der Waals surface area contributed by atoms with Crippen LogP contribution < -0.4 is 0 Å². The van der Waals surface area contributed by atoms with E-state index in [1.54, 1.807) is 0 Å². The van der Waals surface area contributed by atoms with Gasteiger partial charge in [-0.2, -0.15) is 0 Å². The van der Waals surface area contributed by atoms with Gasteiger partial charge in [-0.1, -0.05) is 51.2 Å². The molecule has 0 unspecified atom stereocenters. The first-order chi connectivity index (χ1) is 16.2.